The zero-order chi connectivity index (χ0) is 77.0. The average Bonchev–Trinajstić information content (AvgIpc) is 0.722. The van der Waals surface area contributed by atoms with Gasteiger partial charge in [0.1, 0.15) is 0 Å². The van der Waals surface area contributed by atoms with Gasteiger partial charge in [0.25, 0.3) is 0 Å². The van der Waals surface area contributed by atoms with Crippen molar-refractivity contribution in [3.8, 4) is 22.3 Å². The summed E-state index contributed by atoms with van der Waals surface area (Å²) in [5, 5.41) is 49.3. The molecule has 0 saturated carbocycles. The zero-order valence-corrected chi connectivity index (χ0v) is 81.9. The van der Waals surface area contributed by atoms with Gasteiger partial charge >= 0.3 is 0 Å². The van der Waals surface area contributed by atoms with E-state index in [1.165, 1.54) is 200 Å². The van der Waals surface area contributed by atoms with Crippen LogP contribution in [0.3, 0.4) is 0 Å². The van der Waals surface area contributed by atoms with Gasteiger partial charge in [-0.05, 0) is 87.6 Å². The Bertz CT molecular complexity index is 3560. The molecule has 0 heterocycles. The molecule has 0 aliphatic heterocycles. The summed E-state index contributed by atoms with van der Waals surface area (Å²) in [5.41, 5.74) is 10.3. The molecule has 0 aliphatic carbocycles. The molecule has 0 bridgehead atoms. The Morgan fingerprint density at radius 3 is 0.500 bits per heavy atom. The molecule has 0 amide bonds. The summed E-state index contributed by atoms with van der Waals surface area (Å²) in [7, 11) is -13.5. The minimum absolute atomic E-state index is 0.000504. The minimum Gasteiger partial charge on any atom is -0.392 e. The number of aliphatic hydroxyl groups is 2. The second-order valence-electron chi connectivity index (χ2n) is 32.2. The third kappa shape index (κ3) is 15.5. The fourth-order valence-electron chi connectivity index (χ4n) is 21.4. The number of rotatable bonds is 38. The van der Waals surface area contributed by atoms with Gasteiger partial charge in [-0.2, -0.15) is 0 Å². The van der Waals surface area contributed by atoms with Crippen LogP contribution in [-0.2, 0) is 23.9 Å². The standard InChI is InChI=1S/C46H72Br2Si4.C46H74O2Si4/c2*1-13-49(14-2,15-3)37-25-27-39-41(31-37)43(51(19-7,20-8)21-9)29-35(33-47)45(39)46-36(34-48)30-44(52(22-10,23-11)24-12)42-32-38(26-28-40(42)46)50(16-4,17-5)18-6/h25-32H,13-24,33-34H2,1-12H3;25-32,47-48H,13-24,33-34H2,1-12H3. The van der Waals surface area contributed by atoms with Gasteiger partial charge in [0, 0.05) is 10.7 Å². The lowest BCUT2D eigenvalue weighted by Gasteiger charge is -2.35. The predicted molar refractivity (Wildman–Crippen MR) is 506 cm³/mol. The van der Waals surface area contributed by atoms with Crippen molar-refractivity contribution in [3.63, 3.8) is 0 Å². The van der Waals surface area contributed by atoms with Gasteiger partial charge in [-0.1, -0.05) is 482 Å². The smallest absolute Gasteiger partial charge is 0.0867 e. The summed E-state index contributed by atoms with van der Waals surface area (Å²) in [6, 6.07) is 72.0. The molecule has 0 saturated heterocycles. The highest BCUT2D eigenvalue weighted by molar-refractivity contribution is 9.08. The molecule has 2 N–H and O–H groups in total. The first-order chi connectivity index (χ1) is 50.0. The number of fused-ring (bicyclic) bond motifs is 4. The number of hydrogen-bond donors (Lipinski definition) is 2. The first kappa shape index (κ1) is 88.6. The molecule has 572 valence electrons. The lowest BCUT2D eigenvalue weighted by molar-refractivity contribution is 0.280. The molecule has 8 rings (SSSR count). The summed E-state index contributed by atoms with van der Waals surface area (Å²) in [5.74, 6) is 0. The molecule has 0 aromatic heterocycles. The van der Waals surface area contributed by atoms with Gasteiger partial charge in [-0.15, -0.1) is 0 Å². The van der Waals surface area contributed by atoms with Crippen LogP contribution in [0, 0.1) is 0 Å². The van der Waals surface area contributed by atoms with Crippen molar-refractivity contribution in [2.75, 3.05) is 0 Å². The molecule has 0 unspecified atom stereocenters. The summed E-state index contributed by atoms with van der Waals surface area (Å²) < 4.78 is 0. The van der Waals surface area contributed by atoms with Crippen LogP contribution in [-0.4, -0.2) is 74.8 Å². The lowest BCUT2D eigenvalue weighted by atomic mass is 9.87. The van der Waals surface area contributed by atoms with Crippen LogP contribution >= 0.6 is 31.9 Å². The van der Waals surface area contributed by atoms with Crippen LogP contribution in [0.2, 0.25) is 145 Å². The first-order valence-corrected chi connectivity index (χ1v) is 66.0. The number of halogens is 2. The predicted octanol–water partition coefficient (Wildman–Crippen LogP) is 25.8. The van der Waals surface area contributed by atoms with E-state index in [9.17, 15) is 10.2 Å². The maximum atomic E-state index is 11.4. The van der Waals surface area contributed by atoms with Gasteiger partial charge in [-0.3, -0.25) is 0 Å². The van der Waals surface area contributed by atoms with E-state index in [-0.39, 0.29) is 13.2 Å². The van der Waals surface area contributed by atoms with Crippen molar-refractivity contribution in [1.29, 1.82) is 0 Å². The second-order valence-corrected chi connectivity index (χ2v) is 75.2. The summed E-state index contributed by atoms with van der Waals surface area (Å²) in [6.45, 7) is 58.7. The van der Waals surface area contributed by atoms with E-state index >= 15 is 0 Å². The van der Waals surface area contributed by atoms with Gasteiger partial charge < -0.3 is 10.2 Å². The number of alkyl halides is 2. The van der Waals surface area contributed by atoms with Gasteiger partial charge in [0.15, 0.2) is 0 Å². The highest BCUT2D eigenvalue weighted by Crippen LogP contribution is 2.46. The fourth-order valence-corrected chi connectivity index (χ4v) is 52.3. The Kier molecular flexibility index (Phi) is 32.5. The van der Waals surface area contributed by atoms with Crippen LogP contribution in [0.5, 0.6) is 0 Å². The third-order valence-corrected chi connectivity index (χ3v) is 77.0. The molecular formula is C92H146Br2O2Si8. The van der Waals surface area contributed by atoms with Crippen molar-refractivity contribution in [2.24, 2.45) is 0 Å². The van der Waals surface area contributed by atoms with Crippen LogP contribution in [0.25, 0.3) is 65.3 Å². The Morgan fingerprint density at radius 1 is 0.202 bits per heavy atom. The van der Waals surface area contributed by atoms with Crippen molar-refractivity contribution >= 4 is 181 Å². The van der Waals surface area contributed by atoms with Crippen molar-refractivity contribution < 1.29 is 10.2 Å². The third-order valence-electron chi connectivity index (χ3n) is 31.0. The normalized spacial score (nSPS) is 13.1. The van der Waals surface area contributed by atoms with Crippen LogP contribution in [0.15, 0.2) is 97.1 Å². The quantitative estimate of drug-likeness (QED) is 0.0299. The Balaban J connectivity index is 0.000000291. The zero-order valence-electron chi connectivity index (χ0n) is 70.7. The van der Waals surface area contributed by atoms with Crippen molar-refractivity contribution in [2.45, 2.75) is 335 Å². The van der Waals surface area contributed by atoms with E-state index in [1.54, 1.807) is 52.3 Å². The minimum atomic E-state index is -1.84. The Labute approximate surface area is 662 Å². The van der Waals surface area contributed by atoms with Gasteiger partial charge in [0.05, 0.1) is 77.8 Å². The topological polar surface area (TPSA) is 40.5 Å². The van der Waals surface area contributed by atoms with Crippen LogP contribution < -0.4 is 41.5 Å². The van der Waals surface area contributed by atoms with Crippen molar-refractivity contribution in [3.05, 3.63) is 119 Å². The average molecular weight is 1670 g/mol. The first-order valence-electron chi connectivity index (χ1n) is 42.8. The summed E-state index contributed by atoms with van der Waals surface area (Å²) >= 11 is 8.23. The fraction of sp³-hybridized carbons (Fsp3) is 0.565. The molecule has 0 radical (unpaired) electrons. The number of hydrogen-bond acceptors (Lipinski definition) is 2. The molecule has 0 fully saturated rings. The van der Waals surface area contributed by atoms with Crippen LogP contribution in [0.1, 0.15) is 188 Å². The number of aliphatic hydroxyl groups excluding tert-OH is 2. The van der Waals surface area contributed by atoms with E-state index < -0.39 is 64.6 Å². The van der Waals surface area contributed by atoms with Crippen LogP contribution in [0.4, 0.5) is 0 Å². The highest BCUT2D eigenvalue weighted by atomic mass is 79.9. The van der Waals surface area contributed by atoms with E-state index in [2.05, 4.69) is 295 Å². The SMILES string of the molecule is CC[Si](CC)(CC)c1ccc2c(-c3c(CBr)cc([Si](CC)(CC)CC)c4cc([Si](CC)(CC)CC)ccc34)c(CBr)cc([Si](CC)(CC)CC)c2c1.CC[Si](CC)(CC)c1ccc2c(-c3c(CO)cc([Si](CC)(CC)CC)c4cc([Si](CC)(CC)CC)ccc34)c(CO)cc([Si](CC)(CC)CC)c2c1. The molecule has 0 spiro atoms. The molecule has 8 aromatic carbocycles. The summed E-state index contributed by atoms with van der Waals surface area (Å²) in [4.78, 5) is 0. The lowest BCUT2D eigenvalue weighted by Crippen LogP contribution is -2.48. The monoisotopic (exact) mass is 1660 g/mol. The maximum Gasteiger partial charge on any atom is 0.0867 e. The summed E-state index contributed by atoms with van der Waals surface area (Å²) in [6.07, 6.45) is 0. The molecular weight excluding hydrogens is 1520 g/mol. The largest absolute Gasteiger partial charge is 0.392 e. The van der Waals surface area contributed by atoms with E-state index in [1.807, 2.05) is 0 Å². The van der Waals surface area contributed by atoms with E-state index in [0.717, 1.165) is 32.9 Å². The van der Waals surface area contributed by atoms with Crippen molar-refractivity contribution in [1.82, 2.24) is 0 Å². The van der Waals surface area contributed by atoms with Gasteiger partial charge in [-0.25, -0.2) is 0 Å². The highest BCUT2D eigenvalue weighted by Gasteiger charge is 2.41. The van der Waals surface area contributed by atoms with E-state index in [4.69, 9.17) is 0 Å². The molecule has 12 heteroatoms. The Hall–Kier alpha value is -2.58. The van der Waals surface area contributed by atoms with E-state index in [0.29, 0.717) is 0 Å². The maximum absolute atomic E-state index is 11.4. The molecule has 8 aromatic rings. The molecule has 0 atom stereocenters. The Morgan fingerprint density at radius 2 is 0.356 bits per heavy atom. The van der Waals surface area contributed by atoms with Gasteiger partial charge in [0.2, 0.25) is 0 Å². The molecule has 0 aliphatic rings. The molecule has 2 nitrogen and oxygen atoms in total. The second kappa shape index (κ2) is 38.1. The molecule has 104 heavy (non-hydrogen) atoms. The number of benzene rings is 8.